The van der Waals surface area contributed by atoms with Gasteiger partial charge >= 0.3 is 11.9 Å². The second kappa shape index (κ2) is 3.90. The molecule has 0 aliphatic carbocycles. The molecular formula is C5H9NO7S. The van der Waals surface area contributed by atoms with Crippen LogP contribution < -0.4 is 5.73 Å². The molecule has 0 radical (unpaired) electrons. The quantitative estimate of drug-likeness (QED) is 0.412. The van der Waals surface area contributed by atoms with Gasteiger partial charge in [-0.2, -0.15) is 8.42 Å². The monoisotopic (exact) mass is 227 g/mol. The van der Waals surface area contributed by atoms with Crippen molar-refractivity contribution in [2.24, 2.45) is 5.73 Å². The van der Waals surface area contributed by atoms with E-state index < -0.39 is 39.8 Å². The van der Waals surface area contributed by atoms with E-state index in [1.54, 1.807) is 0 Å². The summed E-state index contributed by atoms with van der Waals surface area (Å²) in [6, 6.07) is 0. The topological polar surface area (TPSA) is 155 Å². The van der Waals surface area contributed by atoms with Gasteiger partial charge in [0.25, 0.3) is 10.1 Å². The molecule has 0 heterocycles. The number of hydrogen-bond donors (Lipinski definition) is 4. The van der Waals surface area contributed by atoms with Crippen molar-refractivity contribution in [2.45, 2.75) is 17.7 Å². The van der Waals surface area contributed by atoms with Crippen molar-refractivity contribution in [2.75, 3.05) is 0 Å². The highest BCUT2D eigenvalue weighted by Gasteiger charge is 2.47. The molecule has 0 amide bonds. The number of aliphatic carboxylic acids is 2. The third-order valence-electron chi connectivity index (χ3n) is 1.53. The van der Waals surface area contributed by atoms with Crippen molar-refractivity contribution in [1.82, 2.24) is 0 Å². The first kappa shape index (κ1) is 12.8. The maximum Gasteiger partial charge on any atom is 0.342 e. The molecule has 0 fully saturated rings. The molecule has 82 valence electrons. The minimum atomic E-state index is -5.04. The van der Waals surface area contributed by atoms with Gasteiger partial charge in [0.2, 0.25) is 4.87 Å². The molecule has 0 rings (SSSR count). The fourth-order valence-electron chi connectivity index (χ4n) is 0.639. The average Bonchev–Trinajstić information content (AvgIpc) is 1.97. The summed E-state index contributed by atoms with van der Waals surface area (Å²) in [5, 5.41) is 16.6. The Morgan fingerprint density at radius 3 is 1.93 bits per heavy atom. The molecule has 0 saturated carbocycles. The molecule has 9 heteroatoms. The molecule has 0 aliphatic rings. The second-order valence-electron chi connectivity index (χ2n) is 2.56. The Bertz CT molecular complexity index is 347. The van der Waals surface area contributed by atoms with Crippen LogP contribution in [0.25, 0.3) is 0 Å². The van der Waals surface area contributed by atoms with Crippen LogP contribution >= 0.6 is 0 Å². The van der Waals surface area contributed by atoms with Crippen molar-refractivity contribution in [3.63, 3.8) is 0 Å². The van der Waals surface area contributed by atoms with E-state index in [1.165, 1.54) is 0 Å². The lowest BCUT2D eigenvalue weighted by Gasteiger charge is -2.19. The van der Waals surface area contributed by atoms with Crippen molar-refractivity contribution in [3.05, 3.63) is 0 Å². The van der Waals surface area contributed by atoms with Crippen LogP contribution in [0.3, 0.4) is 0 Å². The maximum atomic E-state index is 10.6. The second-order valence-corrected chi connectivity index (χ2v) is 4.24. The molecule has 0 aromatic rings. The van der Waals surface area contributed by atoms with Crippen molar-refractivity contribution < 1.29 is 32.8 Å². The summed E-state index contributed by atoms with van der Waals surface area (Å²) < 4.78 is 29.6. The van der Waals surface area contributed by atoms with Crippen molar-refractivity contribution in [1.29, 1.82) is 0 Å². The van der Waals surface area contributed by atoms with Gasteiger partial charge < -0.3 is 15.9 Å². The normalized spacial score (nSPS) is 15.9. The first-order chi connectivity index (χ1) is 6.11. The van der Waals surface area contributed by atoms with Gasteiger partial charge in [-0.25, -0.2) is 4.79 Å². The van der Waals surface area contributed by atoms with Crippen molar-refractivity contribution in [3.8, 4) is 0 Å². The Labute approximate surface area is 79.1 Å². The van der Waals surface area contributed by atoms with Gasteiger partial charge in [0.1, 0.15) is 0 Å². The molecule has 5 N–H and O–H groups in total. The van der Waals surface area contributed by atoms with Crippen LogP contribution in [0.1, 0.15) is 12.8 Å². The molecule has 1 atom stereocenters. The molecule has 8 nitrogen and oxygen atoms in total. The molecule has 0 spiro atoms. The van der Waals surface area contributed by atoms with E-state index in [1.807, 2.05) is 0 Å². The standard InChI is InChI=1S/C5H9NO7S/c6-5(4(9)10,14(11,12)13)2-1-3(7)8/h1-2,6H2,(H,7,8)(H,9,10)(H,11,12,13)/t5-/m0/s1. The van der Waals surface area contributed by atoms with E-state index in [0.717, 1.165) is 0 Å². The van der Waals surface area contributed by atoms with E-state index in [-0.39, 0.29) is 0 Å². The Hall–Kier alpha value is -1.19. The fraction of sp³-hybridized carbons (Fsp3) is 0.600. The number of hydrogen-bond acceptors (Lipinski definition) is 5. The highest BCUT2D eigenvalue weighted by atomic mass is 32.2. The highest BCUT2D eigenvalue weighted by Crippen LogP contribution is 2.16. The summed E-state index contributed by atoms with van der Waals surface area (Å²) in [7, 11) is -5.04. The summed E-state index contributed by atoms with van der Waals surface area (Å²) in [4.78, 5) is 17.5. The molecule has 0 aromatic carbocycles. The summed E-state index contributed by atoms with van der Waals surface area (Å²) in [6.45, 7) is 0. The lowest BCUT2D eigenvalue weighted by Crippen LogP contribution is -2.54. The summed E-state index contributed by atoms with van der Waals surface area (Å²) in [5.74, 6) is -3.41. The number of carboxylic acids is 2. The van der Waals surface area contributed by atoms with Gasteiger partial charge in [-0.15, -0.1) is 0 Å². The smallest absolute Gasteiger partial charge is 0.342 e. The number of rotatable bonds is 5. The van der Waals surface area contributed by atoms with Crippen molar-refractivity contribution >= 4 is 22.1 Å². The van der Waals surface area contributed by atoms with Gasteiger partial charge in [-0.05, 0) is 0 Å². The molecular weight excluding hydrogens is 218 g/mol. The van der Waals surface area contributed by atoms with Crippen LogP contribution in [0.4, 0.5) is 0 Å². The van der Waals surface area contributed by atoms with Crippen LogP contribution in [0.15, 0.2) is 0 Å². The minimum absolute atomic E-state index is 0.775. The lowest BCUT2D eigenvalue weighted by atomic mass is 10.1. The zero-order valence-electron chi connectivity index (χ0n) is 6.87. The molecule has 0 unspecified atom stereocenters. The van der Waals surface area contributed by atoms with Crippen LogP contribution in [0.2, 0.25) is 0 Å². The average molecular weight is 227 g/mol. The van der Waals surface area contributed by atoms with Gasteiger partial charge in [-0.3, -0.25) is 9.35 Å². The van der Waals surface area contributed by atoms with Crippen LogP contribution in [0, 0.1) is 0 Å². The van der Waals surface area contributed by atoms with Gasteiger partial charge in [0.15, 0.2) is 0 Å². The van der Waals surface area contributed by atoms with E-state index in [2.05, 4.69) is 0 Å². The third-order valence-corrected chi connectivity index (χ3v) is 2.83. The van der Waals surface area contributed by atoms with E-state index >= 15 is 0 Å². The first-order valence-corrected chi connectivity index (χ1v) is 4.76. The first-order valence-electron chi connectivity index (χ1n) is 3.32. The van der Waals surface area contributed by atoms with E-state index in [4.69, 9.17) is 20.5 Å². The van der Waals surface area contributed by atoms with E-state index in [9.17, 15) is 18.0 Å². The van der Waals surface area contributed by atoms with Crippen LogP contribution in [-0.2, 0) is 19.7 Å². The molecule has 0 bridgehead atoms. The Morgan fingerprint density at radius 2 is 1.71 bits per heavy atom. The van der Waals surface area contributed by atoms with Crippen LogP contribution in [0.5, 0.6) is 0 Å². The summed E-state index contributed by atoms with van der Waals surface area (Å²) >= 11 is 0. The number of nitrogens with two attached hydrogens (primary N) is 1. The Balaban J connectivity index is 4.95. The van der Waals surface area contributed by atoms with Gasteiger partial charge in [0, 0.05) is 12.8 Å². The summed E-state index contributed by atoms with van der Waals surface area (Å²) in [5.41, 5.74) is 4.87. The summed E-state index contributed by atoms with van der Waals surface area (Å²) in [6.07, 6.45) is -1.68. The highest BCUT2D eigenvalue weighted by molar-refractivity contribution is 7.88. The lowest BCUT2D eigenvalue weighted by molar-refractivity contribution is -0.141. The Morgan fingerprint density at radius 1 is 1.29 bits per heavy atom. The SMILES string of the molecule is N[C@](CCC(=O)O)(C(=O)O)S(=O)(=O)O. The maximum absolute atomic E-state index is 10.6. The zero-order valence-corrected chi connectivity index (χ0v) is 7.69. The molecule has 0 aromatic heterocycles. The molecule has 0 aliphatic heterocycles. The Kier molecular flexibility index (Phi) is 3.57. The minimum Gasteiger partial charge on any atom is -0.481 e. The predicted octanol–water partition coefficient (Wildman–Crippen LogP) is -1.52. The van der Waals surface area contributed by atoms with Gasteiger partial charge in [0.05, 0.1) is 0 Å². The zero-order chi connectivity index (χ0) is 11.6. The van der Waals surface area contributed by atoms with Gasteiger partial charge in [-0.1, -0.05) is 0 Å². The fourth-order valence-corrected chi connectivity index (χ4v) is 1.22. The number of carboxylic acid groups (broad SMARTS) is 2. The molecule has 0 saturated heterocycles. The predicted molar refractivity (Wildman–Crippen MR) is 43.0 cm³/mol. The van der Waals surface area contributed by atoms with Crippen LogP contribution in [-0.4, -0.2) is 40.0 Å². The third kappa shape index (κ3) is 2.65. The largest absolute Gasteiger partial charge is 0.481 e. The number of carbonyl (C=O) groups is 2. The van der Waals surface area contributed by atoms with E-state index in [0.29, 0.717) is 0 Å². The molecule has 14 heavy (non-hydrogen) atoms.